The Balaban J connectivity index is 2.44. The van der Waals surface area contributed by atoms with Gasteiger partial charge in [-0.25, -0.2) is 0 Å². The molecule has 0 saturated carbocycles. The van der Waals surface area contributed by atoms with E-state index in [4.69, 9.17) is 0 Å². The van der Waals surface area contributed by atoms with E-state index in [1.54, 1.807) is 42.5 Å². The molecule has 0 fully saturated rings. The van der Waals surface area contributed by atoms with Crippen LogP contribution in [0.3, 0.4) is 0 Å². The molecule has 0 saturated heterocycles. The number of rotatable bonds is 5. The summed E-state index contributed by atoms with van der Waals surface area (Å²) in [6, 6.07) is 21.8. The van der Waals surface area contributed by atoms with Gasteiger partial charge >= 0.3 is 0 Å². The minimum Gasteiger partial charge on any atom is -0.366 e. The summed E-state index contributed by atoms with van der Waals surface area (Å²) in [5.74, 6) is -0.608. The third-order valence-electron chi connectivity index (χ3n) is 3.81. The summed E-state index contributed by atoms with van der Waals surface area (Å²) in [4.78, 5) is 0. The molecule has 2 aromatic carbocycles. The smallest absolute Gasteiger partial charge is 0.174 e. The standard InChI is InChI=1S/C18H16N2O2/c19-12-15(14-7-3-1-4-8-14)11-18(13-20,17(21)22)16-9-5-2-6-10-16/h1-10,15,17,21-22H,11H2. The number of aliphatic hydroxyl groups is 2. The van der Waals surface area contributed by atoms with E-state index >= 15 is 0 Å². The zero-order valence-electron chi connectivity index (χ0n) is 11.9. The summed E-state index contributed by atoms with van der Waals surface area (Å²) in [5.41, 5.74) is -0.304. The van der Waals surface area contributed by atoms with Crippen molar-refractivity contribution < 1.29 is 10.2 Å². The molecule has 4 nitrogen and oxygen atoms in total. The van der Waals surface area contributed by atoms with Gasteiger partial charge in [-0.05, 0) is 17.5 Å². The highest BCUT2D eigenvalue weighted by Gasteiger charge is 2.42. The normalized spacial score (nSPS) is 14.6. The summed E-state index contributed by atoms with van der Waals surface area (Å²) in [6.45, 7) is 0. The molecule has 0 radical (unpaired) electrons. The predicted molar refractivity (Wildman–Crippen MR) is 81.4 cm³/mol. The fourth-order valence-electron chi connectivity index (χ4n) is 2.52. The molecule has 2 aromatic rings. The van der Waals surface area contributed by atoms with Gasteiger partial charge in [0.05, 0.1) is 18.1 Å². The third kappa shape index (κ3) is 2.99. The summed E-state index contributed by atoms with van der Waals surface area (Å²) in [7, 11) is 0. The molecule has 4 heteroatoms. The SMILES string of the molecule is N#CC(CC(C#N)(c1ccccc1)C(O)O)c1ccccc1. The van der Waals surface area contributed by atoms with E-state index < -0.39 is 17.6 Å². The summed E-state index contributed by atoms with van der Waals surface area (Å²) in [6.07, 6.45) is -1.87. The molecule has 0 aromatic heterocycles. The van der Waals surface area contributed by atoms with Crippen molar-refractivity contribution in [3.63, 3.8) is 0 Å². The molecular weight excluding hydrogens is 276 g/mol. The highest BCUT2D eigenvalue weighted by molar-refractivity contribution is 5.36. The summed E-state index contributed by atoms with van der Waals surface area (Å²) in [5, 5.41) is 38.7. The Labute approximate surface area is 129 Å². The maximum absolute atomic E-state index is 9.83. The van der Waals surface area contributed by atoms with Crippen molar-refractivity contribution in [3.05, 3.63) is 71.8 Å². The lowest BCUT2D eigenvalue weighted by Crippen LogP contribution is -2.39. The zero-order chi connectivity index (χ0) is 16.0. The van der Waals surface area contributed by atoms with Gasteiger partial charge in [-0.2, -0.15) is 10.5 Å². The van der Waals surface area contributed by atoms with Crippen LogP contribution in [0.5, 0.6) is 0 Å². The van der Waals surface area contributed by atoms with Crippen LogP contribution < -0.4 is 0 Å². The number of aliphatic hydroxyl groups excluding tert-OH is 1. The van der Waals surface area contributed by atoms with E-state index in [1.807, 2.05) is 24.3 Å². The fraction of sp³-hybridized carbons (Fsp3) is 0.222. The first-order chi connectivity index (χ1) is 10.6. The van der Waals surface area contributed by atoms with Gasteiger partial charge in [0.15, 0.2) is 6.29 Å². The molecule has 0 aliphatic carbocycles. The summed E-state index contributed by atoms with van der Waals surface area (Å²) >= 11 is 0. The van der Waals surface area contributed by atoms with Crippen molar-refractivity contribution in [1.29, 1.82) is 10.5 Å². The van der Waals surface area contributed by atoms with Crippen molar-refractivity contribution >= 4 is 0 Å². The number of nitriles is 2. The lowest BCUT2D eigenvalue weighted by molar-refractivity contribution is -0.0855. The van der Waals surface area contributed by atoms with Crippen LogP contribution >= 0.6 is 0 Å². The van der Waals surface area contributed by atoms with Crippen LogP contribution in [0.2, 0.25) is 0 Å². The quantitative estimate of drug-likeness (QED) is 0.828. The lowest BCUT2D eigenvalue weighted by Gasteiger charge is -2.30. The second-order valence-electron chi connectivity index (χ2n) is 5.12. The average molecular weight is 292 g/mol. The Kier molecular flexibility index (Phi) is 4.91. The zero-order valence-corrected chi connectivity index (χ0v) is 11.9. The Morgan fingerprint density at radius 2 is 1.45 bits per heavy atom. The van der Waals surface area contributed by atoms with Gasteiger partial charge in [0.25, 0.3) is 0 Å². The number of benzene rings is 2. The first-order valence-electron chi connectivity index (χ1n) is 6.91. The van der Waals surface area contributed by atoms with Gasteiger partial charge in [-0.3, -0.25) is 0 Å². The van der Waals surface area contributed by atoms with E-state index in [-0.39, 0.29) is 6.42 Å². The molecule has 110 valence electrons. The lowest BCUT2D eigenvalue weighted by atomic mass is 9.73. The highest BCUT2D eigenvalue weighted by Crippen LogP contribution is 2.37. The minimum absolute atomic E-state index is 0.00565. The van der Waals surface area contributed by atoms with Gasteiger partial charge < -0.3 is 10.2 Å². The van der Waals surface area contributed by atoms with Gasteiger partial charge in [0.1, 0.15) is 5.41 Å². The van der Waals surface area contributed by atoms with Gasteiger partial charge in [0.2, 0.25) is 0 Å². The van der Waals surface area contributed by atoms with E-state index in [0.29, 0.717) is 5.56 Å². The Morgan fingerprint density at radius 3 is 1.91 bits per heavy atom. The number of nitrogens with zero attached hydrogens (tertiary/aromatic N) is 2. The van der Waals surface area contributed by atoms with Crippen LogP contribution in [0.25, 0.3) is 0 Å². The molecular formula is C18H16N2O2. The highest BCUT2D eigenvalue weighted by atomic mass is 16.5. The molecule has 2 rings (SSSR count). The molecule has 0 bridgehead atoms. The van der Waals surface area contributed by atoms with Crippen LogP contribution in [0.1, 0.15) is 23.5 Å². The summed E-state index contributed by atoms with van der Waals surface area (Å²) < 4.78 is 0. The molecule has 22 heavy (non-hydrogen) atoms. The molecule has 2 atom stereocenters. The molecule has 0 heterocycles. The maximum Gasteiger partial charge on any atom is 0.174 e. The van der Waals surface area contributed by atoms with Crippen molar-refractivity contribution in [1.82, 2.24) is 0 Å². The largest absolute Gasteiger partial charge is 0.366 e. The molecule has 2 unspecified atom stereocenters. The monoisotopic (exact) mass is 292 g/mol. The van der Waals surface area contributed by atoms with Crippen molar-refractivity contribution in [2.75, 3.05) is 0 Å². The van der Waals surface area contributed by atoms with Gasteiger partial charge in [-0.15, -0.1) is 0 Å². The van der Waals surface area contributed by atoms with E-state index in [1.165, 1.54) is 0 Å². The van der Waals surface area contributed by atoms with Crippen molar-refractivity contribution in [2.45, 2.75) is 24.0 Å². The topological polar surface area (TPSA) is 88.0 Å². The molecule has 0 aliphatic heterocycles. The predicted octanol–water partition coefficient (Wildman–Crippen LogP) is 2.46. The van der Waals surface area contributed by atoms with Crippen LogP contribution in [0, 0.1) is 22.7 Å². The first-order valence-corrected chi connectivity index (χ1v) is 6.91. The van der Waals surface area contributed by atoms with Crippen LogP contribution in [0.15, 0.2) is 60.7 Å². The minimum atomic E-state index is -1.88. The Morgan fingerprint density at radius 1 is 0.909 bits per heavy atom. The first kappa shape index (κ1) is 15.7. The second-order valence-corrected chi connectivity index (χ2v) is 5.12. The Bertz CT molecular complexity index is 687. The molecule has 0 spiro atoms. The fourth-order valence-corrected chi connectivity index (χ4v) is 2.52. The number of hydrogen-bond acceptors (Lipinski definition) is 4. The second kappa shape index (κ2) is 6.87. The van der Waals surface area contributed by atoms with Crippen LogP contribution in [0.4, 0.5) is 0 Å². The molecule has 2 N–H and O–H groups in total. The van der Waals surface area contributed by atoms with E-state index in [9.17, 15) is 20.7 Å². The van der Waals surface area contributed by atoms with Gasteiger partial charge in [0, 0.05) is 0 Å². The Hall–Kier alpha value is -2.66. The molecule has 0 aliphatic rings. The van der Waals surface area contributed by atoms with Gasteiger partial charge in [-0.1, -0.05) is 60.7 Å². The molecule has 0 amide bonds. The number of hydrogen-bond donors (Lipinski definition) is 2. The van der Waals surface area contributed by atoms with Crippen LogP contribution in [-0.2, 0) is 5.41 Å². The van der Waals surface area contributed by atoms with E-state index in [2.05, 4.69) is 6.07 Å². The van der Waals surface area contributed by atoms with Crippen molar-refractivity contribution in [3.8, 4) is 12.1 Å². The van der Waals surface area contributed by atoms with E-state index in [0.717, 1.165) is 5.56 Å². The van der Waals surface area contributed by atoms with Crippen LogP contribution in [-0.4, -0.2) is 16.5 Å². The van der Waals surface area contributed by atoms with Crippen molar-refractivity contribution in [2.24, 2.45) is 0 Å². The average Bonchev–Trinajstić information content (AvgIpc) is 2.57. The maximum atomic E-state index is 9.83. The third-order valence-corrected chi connectivity index (χ3v) is 3.81.